The lowest BCUT2D eigenvalue weighted by Gasteiger charge is -2.15. The molecule has 0 bridgehead atoms. The van der Waals surface area contributed by atoms with Gasteiger partial charge in [0.25, 0.3) is 0 Å². The van der Waals surface area contributed by atoms with E-state index in [9.17, 15) is 9.59 Å². The fourth-order valence-corrected chi connectivity index (χ4v) is 4.06. The van der Waals surface area contributed by atoms with Gasteiger partial charge in [-0.2, -0.15) is 0 Å². The molecule has 1 saturated heterocycles. The first-order chi connectivity index (χ1) is 14.6. The number of anilines is 2. The molecule has 154 valence electrons. The Morgan fingerprint density at radius 3 is 2.67 bits per heavy atom. The summed E-state index contributed by atoms with van der Waals surface area (Å²) in [7, 11) is 0. The van der Waals surface area contributed by atoms with E-state index >= 15 is 0 Å². The van der Waals surface area contributed by atoms with Crippen LogP contribution in [0.15, 0.2) is 63.9 Å². The highest BCUT2D eigenvalue weighted by atomic mass is 32.2. The number of nitrogens with zero attached hydrogens (tertiary/aromatic N) is 3. The Morgan fingerprint density at radius 2 is 1.93 bits per heavy atom. The molecule has 3 aromatic rings. The van der Waals surface area contributed by atoms with Gasteiger partial charge in [-0.3, -0.25) is 14.9 Å². The third-order valence-electron chi connectivity index (χ3n) is 4.83. The monoisotopic (exact) mass is 422 g/mol. The molecule has 1 aliphatic rings. The number of hydrogen-bond acceptors (Lipinski definition) is 6. The number of amides is 2. The van der Waals surface area contributed by atoms with Crippen LogP contribution in [-0.4, -0.2) is 34.3 Å². The lowest BCUT2D eigenvalue weighted by molar-refractivity contribution is -0.117. The molecular formula is C22H22N4O3S. The van der Waals surface area contributed by atoms with Crippen molar-refractivity contribution < 1.29 is 14.0 Å². The molecule has 1 fully saturated rings. The molecule has 1 aliphatic heterocycles. The van der Waals surface area contributed by atoms with Gasteiger partial charge in [0.1, 0.15) is 0 Å². The van der Waals surface area contributed by atoms with Crippen molar-refractivity contribution in [2.24, 2.45) is 0 Å². The predicted molar refractivity (Wildman–Crippen MR) is 116 cm³/mol. The SMILES string of the molecule is CCSc1ccc(CC(=O)Nc2nnc(C3CC(=O)N(c4ccccc4)C3)o2)cc1. The minimum Gasteiger partial charge on any atom is -0.407 e. The van der Waals surface area contributed by atoms with Crippen molar-refractivity contribution in [2.75, 3.05) is 22.5 Å². The first kappa shape index (κ1) is 20.2. The van der Waals surface area contributed by atoms with Gasteiger partial charge >= 0.3 is 6.01 Å². The van der Waals surface area contributed by atoms with Crippen LogP contribution in [0.1, 0.15) is 30.7 Å². The molecule has 2 aromatic carbocycles. The third-order valence-corrected chi connectivity index (χ3v) is 5.72. The summed E-state index contributed by atoms with van der Waals surface area (Å²) in [4.78, 5) is 27.6. The van der Waals surface area contributed by atoms with Crippen LogP contribution < -0.4 is 10.2 Å². The lowest BCUT2D eigenvalue weighted by atomic mass is 10.1. The lowest BCUT2D eigenvalue weighted by Crippen LogP contribution is -2.24. The van der Waals surface area contributed by atoms with Crippen LogP contribution in [0, 0.1) is 0 Å². The number of para-hydroxylation sites is 1. The molecule has 1 aromatic heterocycles. The fraction of sp³-hybridized carbons (Fsp3) is 0.273. The minimum absolute atomic E-state index is 0.0136. The number of carbonyl (C=O) groups is 2. The molecule has 8 heteroatoms. The van der Waals surface area contributed by atoms with E-state index in [1.54, 1.807) is 16.7 Å². The van der Waals surface area contributed by atoms with Crippen molar-refractivity contribution in [1.82, 2.24) is 10.2 Å². The Balaban J connectivity index is 1.35. The van der Waals surface area contributed by atoms with E-state index in [0.29, 0.717) is 18.9 Å². The van der Waals surface area contributed by atoms with Gasteiger partial charge in [-0.1, -0.05) is 42.4 Å². The summed E-state index contributed by atoms with van der Waals surface area (Å²) in [5.41, 5.74) is 1.76. The van der Waals surface area contributed by atoms with E-state index in [2.05, 4.69) is 22.4 Å². The van der Waals surface area contributed by atoms with Gasteiger partial charge in [0.05, 0.1) is 12.3 Å². The Bertz CT molecular complexity index is 1020. The van der Waals surface area contributed by atoms with E-state index in [1.165, 1.54) is 4.90 Å². The van der Waals surface area contributed by atoms with Gasteiger partial charge in [-0.15, -0.1) is 16.9 Å². The molecule has 7 nitrogen and oxygen atoms in total. The molecule has 2 amide bonds. The van der Waals surface area contributed by atoms with Crippen LogP contribution in [0.3, 0.4) is 0 Å². The van der Waals surface area contributed by atoms with E-state index in [1.807, 2.05) is 54.6 Å². The second-order valence-corrected chi connectivity index (χ2v) is 8.33. The van der Waals surface area contributed by atoms with Crippen LogP contribution >= 0.6 is 11.8 Å². The number of hydrogen-bond donors (Lipinski definition) is 1. The highest BCUT2D eigenvalue weighted by molar-refractivity contribution is 7.99. The molecule has 1 atom stereocenters. The standard InChI is InChI=1S/C22H22N4O3S/c1-2-30-18-10-8-15(9-11-18)12-19(27)23-22-25-24-21(29-22)16-13-20(28)26(14-16)17-6-4-3-5-7-17/h3-11,16H,2,12-14H2,1H3,(H,23,25,27). The Hall–Kier alpha value is -3.13. The highest BCUT2D eigenvalue weighted by Gasteiger charge is 2.35. The van der Waals surface area contributed by atoms with E-state index in [-0.39, 0.29) is 30.2 Å². The number of nitrogens with one attached hydrogen (secondary N) is 1. The number of thioether (sulfide) groups is 1. The van der Waals surface area contributed by atoms with Crippen LogP contribution in [0.4, 0.5) is 11.7 Å². The van der Waals surface area contributed by atoms with E-state index in [0.717, 1.165) is 17.0 Å². The van der Waals surface area contributed by atoms with Gasteiger partial charge in [-0.05, 0) is 35.6 Å². The quantitative estimate of drug-likeness (QED) is 0.581. The van der Waals surface area contributed by atoms with Crippen molar-refractivity contribution in [3.63, 3.8) is 0 Å². The topological polar surface area (TPSA) is 88.3 Å². The number of rotatable bonds is 7. The normalized spacial score (nSPS) is 16.1. The molecule has 0 spiro atoms. The molecule has 30 heavy (non-hydrogen) atoms. The fourth-order valence-electron chi connectivity index (χ4n) is 3.40. The molecule has 0 aliphatic carbocycles. The van der Waals surface area contributed by atoms with Gasteiger partial charge in [0, 0.05) is 23.5 Å². The minimum atomic E-state index is -0.227. The first-order valence-corrected chi connectivity index (χ1v) is 10.8. The Morgan fingerprint density at radius 1 is 1.17 bits per heavy atom. The third kappa shape index (κ3) is 4.71. The van der Waals surface area contributed by atoms with Crippen molar-refractivity contribution in [1.29, 1.82) is 0 Å². The zero-order valence-corrected chi connectivity index (χ0v) is 17.4. The van der Waals surface area contributed by atoms with Crippen molar-refractivity contribution in [3.8, 4) is 0 Å². The second-order valence-electron chi connectivity index (χ2n) is 6.99. The summed E-state index contributed by atoms with van der Waals surface area (Å²) >= 11 is 1.76. The van der Waals surface area contributed by atoms with Crippen LogP contribution in [0.2, 0.25) is 0 Å². The number of aromatic nitrogens is 2. The molecule has 1 N–H and O–H groups in total. The zero-order valence-electron chi connectivity index (χ0n) is 16.6. The maximum Gasteiger partial charge on any atom is 0.322 e. The molecule has 2 heterocycles. The van der Waals surface area contributed by atoms with Gasteiger partial charge < -0.3 is 9.32 Å². The average Bonchev–Trinajstić information content (AvgIpc) is 3.37. The maximum absolute atomic E-state index is 12.4. The summed E-state index contributed by atoms with van der Waals surface area (Å²) < 4.78 is 5.62. The Labute approximate surface area is 178 Å². The van der Waals surface area contributed by atoms with Gasteiger partial charge in [0.15, 0.2) is 0 Å². The molecular weight excluding hydrogens is 400 g/mol. The van der Waals surface area contributed by atoms with Crippen molar-refractivity contribution >= 4 is 35.3 Å². The highest BCUT2D eigenvalue weighted by Crippen LogP contribution is 2.31. The average molecular weight is 423 g/mol. The van der Waals surface area contributed by atoms with Crippen LogP contribution in [0.5, 0.6) is 0 Å². The van der Waals surface area contributed by atoms with E-state index in [4.69, 9.17) is 4.42 Å². The maximum atomic E-state index is 12.4. The molecule has 1 unspecified atom stereocenters. The Kier molecular flexibility index (Phi) is 6.13. The first-order valence-electron chi connectivity index (χ1n) is 9.82. The summed E-state index contributed by atoms with van der Waals surface area (Å²) in [5, 5.41) is 10.6. The van der Waals surface area contributed by atoms with Gasteiger partial charge in [0.2, 0.25) is 17.7 Å². The number of carbonyl (C=O) groups excluding carboxylic acids is 2. The van der Waals surface area contributed by atoms with Crippen LogP contribution in [-0.2, 0) is 16.0 Å². The van der Waals surface area contributed by atoms with Gasteiger partial charge in [-0.25, -0.2) is 0 Å². The summed E-state index contributed by atoms with van der Waals surface area (Å²) in [6, 6.07) is 17.5. The van der Waals surface area contributed by atoms with Crippen molar-refractivity contribution in [3.05, 3.63) is 66.1 Å². The van der Waals surface area contributed by atoms with Crippen molar-refractivity contribution in [2.45, 2.75) is 30.6 Å². The second kappa shape index (κ2) is 9.13. The largest absolute Gasteiger partial charge is 0.407 e. The van der Waals surface area contributed by atoms with E-state index < -0.39 is 0 Å². The summed E-state index contributed by atoms with van der Waals surface area (Å²) in [5.74, 6) is 0.960. The summed E-state index contributed by atoms with van der Waals surface area (Å²) in [6.07, 6.45) is 0.519. The van der Waals surface area contributed by atoms with Crippen LogP contribution in [0.25, 0.3) is 0 Å². The predicted octanol–water partition coefficient (Wildman–Crippen LogP) is 3.88. The number of benzene rings is 2. The molecule has 4 rings (SSSR count). The molecule has 0 saturated carbocycles. The smallest absolute Gasteiger partial charge is 0.322 e. The summed E-state index contributed by atoms with van der Waals surface area (Å²) in [6.45, 7) is 2.58. The molecule has 0 radical (unpaired) electrons. The zero-order chi connectivity index (χ0) is 20.9.